The second-order valence-electron chi connectivity index (χ2n) is 4.75. The molecule has 98 valence electrons. The van der Waals surface area contributed by atoms with Crippen LogP contribution in [0.1, 0.15) is 46.5 Å². The Morgan fingerprint density at radius 1 is 1.06 bits per heavy atom. The first-order valence-corrected chi connectivity index (χ1v) is 7.26. The van der Waals surface area contributed by atoms with Gasteiger partial charge in [0.15, 0.2) is 0 Å². The van der Waals surface area contributed by atoms with E-state index in [1.165, 1.54) is 32.2 Å². The first-order valence-electron chi connectivity index (χ1n) is 6.73. The van der Waals surface area contributed by atoms with Gasteiger partial charge in [0.25, 0.3) is 0 Å². The van der Waals surface area contributed by atoms with Crippen molar-refractivity contribution in [2.75, 3.05) is 32.1 Å². The largest absolute Gasteiger partial charge is 0.386 e. The highest BCUT2D eigenvalue weighted by atomic mass is 35.5. The molecule has 0 aromatic carbocycles. The van der Waals surface area contributed by atoms with Gasteiger partial charge in [0.1, 0.15) is 12.6 Å². The highest BCUT2D eigenvalue weighted by molar-refractivity contribution is 6.18. The van der Waals surface area contributed by atoms with Gasteiger partial charge in [0.2, 0.25) is 0 Å². The molecule has 2 nitrogen and oxygen atoms in total. The van der Waals surface area contributed by atoms with Crippen LogP contribution in [0.3, 0.4) is 0 Å². The third-order valence-electron chi connectivity index (χ3n) is 3.60. The molecule has 1 N–H and O–H groups in total. The summed E-state index contributed by atoms with van der Waals surface area (Å²) in [7, 11) is 0. The average molecular weight is 251 g/mol. The molecule has 0 fully saturated rings. The molecule has 1 unspecified atom stereocenters. The van der Waals surface area contributed by atoms with Crippen LogP contribution in [-0.2, 0) is 0 Å². The zero-order valence-corrected chi connectivity index (χ0v) is 12.0. The van der Waals surface area contributed by atoms with E-state index in [0.717, 1.165) is 24.1 Å². The van der Waals surface area contributed by atoms with Gasteiger partial charge in [-0.05, 0) is 26.7 Å². The molecule has 0 aliphatic carbocycles. The highest BCUT2D eigenvalue weighted by Gasteiger charge is 2.25. The Labute approximate surface area is 106 Å². The topological polar surface area (TPSA) is 20.2 Å². The van der Waals surface area contributed by atoms with Crippen LogP contribution in [0.25, 0.3) is 0 Å². The molecule has 0 saturated carbocycles. The SMILES string of the molecule is CCCCCC[N+](CC)(CC)CC(O)CCl. The van der Waals surface area contributed by atoms with Crippen molar-refractivity contribution in [3.8, 4) is 0 Å². The number of unbranched alkanes of at least 4 members (excludes halogenated alkanes) is 3. The van der Waals surface area contributed by atoms with Gasteiger partial charge >= 0.3 is 0 Å². The van der Waals surface area contributed by atoms with Crippen molar-refractivity contribution < 1.29 is 9.59 Å². The molecule has 0 aliphatic heterocycles. The van der Waals surface area contributed by atoms with Crippen LogP contribution in [0, 0.1) is 0 Å². The number of hydrogen-bond donors (Lipinski definition) is 1. The summed E-state index contributed by atoms with van der Waals surface area (Å²) in [5, 5.41) is 9.71. The third kappa shape index (κ3) is 6.07. The smallest absolute Gasteiger partial charge is 0.116 e. The van der Waals surface area contributed by atoms with Gasteiger partial charge in [-0.15, -0.1) is 11.6 Å². The fourth-order valence-electron chi connectivity index (χ4n) is 2.26. The molecule has 0 amide bonds. The molecule has 1 atom stereocenters. The summed E-state index contributed by atoms with van der Waals surface area (Å²) in [6.45, 7) is 10.8. The van der Waals surface area contributed by atoms with E-state index in [-0.39, 0.29) is 6.10 Å². The Hall–Kier alpha value is 0.210. The van der Waals surface area contributed by atoms with Crippen molar-refractivity contribution in [1.82, 2.24) is 0 Å². The predicted octanol–water partition coefficient (Wildman–Crippen LogP) is 3.02. The maximum absolute atomic E-state index is 9.71. The number of nitrogens with zero attached hydrogens (tertiary/aromatic N) is 1. The van der Waals surface area contributed by atoms with Gasteiger partial charge < -0.3 is 9.59 Å². The molecule has 0 aliphatic rings. The van der Waals surface area contributed by atoms with Crippen molar-refractivity contribution in [2.45, 2.75) is 52.6 Å². The summed E-state index contributed by atoms with van der Waals surface area (Å²) >= 11 is 5.70. The fourth-order valence-corrected chi connectivity index (χ4v) is 2.36. The molecule has 16 heavy (non-hydrogen) atoms. The Balaban J connectivity index is 4.10. The molecule has 3 heteroatoms. The molecule has 0 spiro atoms. The average Bonchev–Trinajstić information content (AvgIpc) is 2.33. The van der Waals surface area contributed by atoms with Crippen LogP contribution < -0.4 is 0 Å². The number of likely N-dealkylation sites (N-methyl/N-ethyl adjacent to an activating group) is 1. The number of hydrogen-bond acceptors (Lipinski definition) is 1. The summed E-state index contributed by atoms with van der Waals surface area (Å²) in [5.41, 5.74) is 0. The highest BCUT2D eigenvalue weighted by Crippen LogP contribution is 2.12. The van der Waals surface area contributed by atoms with Gasteiger partial charge in [0, 0.05) is 0 Å². The molecule has 0 bridgehead atoms. The van der Waals surface area contributed by atoms with Crippen LogP contribution in [-0.4, -0.2) is 47.8 Å². The van der Waals surface area contributed by atoms with Crippen LogP contribution in [0.5, 0.6) is 0 Å². The molecule has 0 heterocycles. The van der Waals surface area contributed by atoms with Crippen molar-refractivity contribution in [2.24, 2.45) is 0 Å². The normalized spacial score (nSPS) is 14.1. The second kappa shape index (κ2) is 9.26. The van der Waals surface area contributed by atoms with E-state index in [4.69, 9.17) is 11.6 Å². The maximum atomic E-state index is 9.71. The molecule has 0 rings (SSSR count). The lowest BCUT2D eigenvalue weighted by Crippen LogP contribution is -2.52. The minimum Gasteiger partial charge on any atom is -0.386 e. The number of halogens is 1. The van der Waals surface area contributed by atoms with Gasteiger partial charge in [-0.1, -0.05) is 19.8 Å². The quantitative estimate of drug-likeness (QED) is 0.359. The number of rotatable bonds is 10. The zero-order chi connectivity index (χ0) is 12.4. The molecule has 0 aromatic heterocycles. The standard InChI is InChI=1S/C13H29ClNO/c1-4-7-8-9-10-15(5-2,6-3)12-13(16)11-14/h13,16H,4-12H2,1-3H3/q+1. The van der Waals surface area contributed by atoms with Crippen molar-refractivity contribution in [3.63, 3.8) is 0 Å². The lowest BCUT2D eigenvalue weighted by atomic mass is 10.1. The molecule has 0 aromatic rings. The summed E-state index contributed by atoms with van der Waals surface area (Å²) in [6.07, 6.45) is 4.83. The van der Waals surface area contributed by atoms with Gasteiger partial charge in [-0.3, -0.25) is 0 Å². The number of quaternary nitrogens is 1. The fraction of sp³-hybridized carbons (Fsp3) is 1.00. The zero-order valence-electron chi connectivity index (χ0n) is 11.2. The van der Waals surface area contributed by atoms with Gasteiger partial charge in [-0.25, -0.2) is 0 Å². The molecular formula is C13H29ClNO+. The minimum absolute atomic E-state index is 0.354. The number of aliphatic hydroxyl groups excluding tert-OH is 1. The van der Waals surface area contributed by atoms with E-state index in [1.54, 1.807) is 0 Å². The van der Waals surface area contributed by atoms with E-state index in [0.29, 0.717) is 5.88 Å². The Morgan fingerprint density at radius 2 is 1.69 bits per heavy atom. The predicted molar refractivity (Wildman–Crippen MR) is 71.9 cm³/mol. The third-order valence-corrected chi connectivity index (χ3v) is 3.96. The Bertz CT molecular complexity index is 160. The van der Waals surface area contributed by atoms with Crippen LogP contribution in [0.15, 0.2) is 0 Å². The summed E-state index contributed by atoms with van der Waals surface area (Å²) in [5.74, 6) is 0.356. The van der Waals surface area contributed by atoms with Crippen molar-refractivity contribution in [1.29, 1.82) is 0 Å². The van der Waals surface area contributed by atoms with Crippen LogP contribution in [0.4, 0.5) is 0 Å². The first-order chi connectivity index (χ1) is 7.64. The van der Waals surface area contributed by atoms with Crippen molar-refractivity contribution >= 4 is 11.6 Å². The van der Waals surface area contributed by atoms with Gasteiger partial charge in [0.05, 0.1) is 25.5 Å². The van der Waals surface area contributed by atoms with E-state index in [2.05, 4.69) is 20.8 Å². The minimum atomic E-state index is -0.354. The van der Waals surface area contributed by atoms with Gasteiger partial charge in [-0.2, -0.15) is 0 Å². The maximum Gasteiger partial charge on any atom is 0.116 e. The number of alkyl halides is 1. The van der Waals surface area contributed by atoms with E-state index in [1.807, 2.05) is 0 Å². The lowest BCUT2D eigenvalue weighted by Gasteiger charge is -2.38. The van der Waals surface area contributed by atoms with E-state index in [9.17, 15) is 5.11 Å². The van der Waals surface area contributed by atoms with E-state index < -0.39 is 0 Å². The first kappa shape index (κ1) is 16.2. The Kier molecular flexibility index (Phi) is 9.38. The van der Waals surface area contributed by atoms with E-state index >= 15 is 0 Å². The summed E-state index contributed by atoms with van der Waals surface area (Å²) in [6, 6.07) is 0. The molecular weight excluding hydrogens is 222 g/mol. The molecule has 0 saturated heterocycles. The second-order valence-corrected chi connectivity index (χ2v) is 5.06. The Morgan fingerprint density at radius 3 is 2.12 bits per heavy atom. The summed E-state index contributed by atoms with van der Waals surface area (Å²) in [4.78, 5) is 0. The lowest BCUT2D eigenvalue weighted by molar-refractivity contribution is -0.927. The van der Waals surface area contributed by atoms with Crippen molar-refractivity contribution in [3.05, 3.63) is 0 Å². The van der Waals surface area contributed by atoms with Crippen LogP contribution in [0.2, 0.25) is 0 Å². The molecule has 0 radical (unpaired) electrons. The van der Waals surface area contributed by atoms with Crippen LogP contribution >= 0.6 is 11.6 Å². The monoisotopic (exact) mass is 250 g/mol. The summed E-state index contributed by atoms with van der Waals surface area (Å²) < 4.78 is 1.01. The number of aliphatic hydroxyl groups is 1.